The van der Waals surface area contributed by atoms with Gasteiger partial charge in [0.1, 0.15) is 5.82 Å². The van der Waals surface area contributed by atoms with E-state index >= 15 is 0 Å². The molecule has 25 heavy (non-hydrogen) atoms. The maximum absolute atomic E-state index is 13.9. The molecule has 2 aromatic rings. The number of aliphatic carboxylic acids is 1. The molecule has 2 unspecified atom stereocenters. The largest absolute Gasteiger partial charge is 0.481 e. The highest BCUT2D eigenvalue weighted by Gasteiger charge is 2.35. The topological polar surface area (TPSA) is 59.4 Å². The number of pyridine rings is 1. The van der Waals surface area contributed by atoms with Crippen LogP contribution in [0.2, 0.25) is 0 Å². The molecule has 1 aromatic carbocycles. The molecule has 0 saturated heterocycles. The number of carboxylic acid groups (broad SMARTS) is 1. The molecule has 0 aliphatic heterocycles. The fraction of sp³-hybridized carbons (Fsp3) is 0.263. The van der Waals surface area contributed by atoms with Crippen LogP contribution in [-0.2, 0) is 4.79 Å². The molecule has 0 saturated carbocycles. The number of hydrogen-bond donors (Lipinski definition) is 1. The number of methoxy groups -OCH3 is 1. The summed E-state index contributed by atoms with van der Waals surface area (Å²) < 4.78 is 32.6. The molecule has 4 nitrogen and oxygen atoms in total. The van der Waals surface area contributed by atoms with Gasteiger partial charge in [0.25, 0.3) is 0 Å². The lowest BCUT2D eigenvalue weighted by Crippen LogP contribution is -2.17. The van der Waals surface area contributed by atoms with Gasteiger partial charge in [0.15, 0.2) is 5.82 Å². The lowest BCUT2D eigenvalue weighted by atomic mass is 9.85. The zero-order valence-electron chi connectivity index (χ0n) is 13.8. The average Bonchev–Trinajstić information content (AvgIpc) is 3.02. The van der Waals surface area contributed by atoms with Gasteiger partial charge < -0.3 is 9.84 Å². The molecule has 3 rings (SSSR count). The van der Waals surface area contributed by atoms with Crippen LogP contribution in [0.1, 0.15) is 29.0 Å². The van der Waals surface area contributed by atoms with Crippen LogP contribution >= 0.6 is 0 Å². The van der Waals surface area contributed by atoms with Crippen molar-refractivity contribution in [3.05, 3.63) is 64.9 Å². The summed E-state index contributed by atoms with van der Waals surface area (Å²) >= 11 is 0. The normalized spacial score (nSPS) is 19.6. The Kier molecular flexibility index (Phi) is 4.53. The number of halogens is 2. The third kappa shape index (κ3) is 3.12. The number of carboxylic acids is 1. The summed E-state index contributed by atoms with van der Waals surface area (Å²) in [5.41, 5.74) is 2.27. The van der Waals surface area contributed by atoms with Crippen LogP contribution in [0.3, 0.4) is 0 Å². The first-order valence-electron chi connectivity index (χ1n) is 7.80. The second-order valence-electron chi connectivity index (χ2n) is 6.04. The number of hydrogen-bond acceptors (Lipinski definition) is 3. The minimum absolute atomic E-state index is 0.116. The fourth-order valence-electron chi connectivity index (χ4n) is 3.30. The Bertz CT molecular complexity index is 864. The number of ether oxygens (including phenoxy) is 1. The van der Waals surface area contributed by atoms with E-state index in [0.717, 1.165) is 0 Å². The van der Waals surface area contributed by atoms with Crippen molar-refractivity contribution in [3.63, 3.8) is 0 Å². The van der Waals surface area contributed by atoms with Gasteiger partial charge in [0.2, 0.25) is 5.88 Å². The Hall–Kier alpha value is -2.76. The number of aromatic nitrogens is 1. The fourth-order valence-corrected chi connectivity index (χ4v) is 3.30. The molecular weight excluding hydrogens is 328 g/mol. The zero-order chi connectivity index (χ0) is 18.1. The summed E-state index contributed by atoms with van der Waals surface area (Å²) in [4.78, 5) is 15.6. The zero-order valence-corrected chi connectivity index (χ0v) is 13.8. The van der Waals surface area contributed by atoms with E-state index in [2.05, 4.69) is 4.98 Å². The van der Waals surface area contributed by atoms with Crippen molar-refractivity contribution in [1.82, 2.24) is 4.98 Å². The summed E-state index contributed by atoms with van der Waals surface area (Å²) in [5.74, 6) is -3.31. The van der Waals surface area contributed by atoms with E-state index in [0.29, 0.717) is 28.7 Å². The average molecular weight is 345 g/mol. The number of allylic oxidation sites excluding steroid dienone is 1. The lowest BCUT2D eigenvalue weighted by Gasteiger charge is -2.19. The van der Waals surface area contributed by atoms with Crippen molar-refractivity contribution in [3.8, 4) is 5.88 Å². The molecule has 130 valence electrons. The van der Waals surface area contributed by atoms with Crippen LogP contribution in [0.25, 0.3) is 5.57 Å². The van der Waals surface area contributed by atoms with E-state index in [-0.39, 0.29) is 11.7 Å². The van der Waals surface area contributed by atoms with E-state index in [4.69, 9.17) is 4.74 Å². The molecule has 0 radical (unpaired) electrons. The van der Waals surface area contributed by atoms with Crippen LogP contribution in [0.15, 0.2) is 36.5 Å². The third-order valence-electron chi connectivity index (χ3n) is 4.62. The maximum Gasteiger partial charge on any atom is 0.311 e. The van der Waals surface area contributed by atoms with Crippen molar-refractivity contribution in [2.24, 2.45) is 5.92 Å². The molecule has 1 aromatic heterocycles. The summed E-state index contributed by atoms with van der Waals surface area (Å²) in [7, 11) is 1.32. The van der Waals surface area contributed by atoms with Crippen LogP contribution < -0.4 is 4.74 Å². The Labute approximate surface area is 143 Å². The van der Waals surface area contributed by atoms with Crippen molar-refractivity contribution < 1.29 is 23.4 Å². The Morgan fingerprint density at radius 3 is 2.72 bits per heavy atom. The van der Waals surface area contributed by atoms with Gasteiger partial charge in [0.05, 0.1) is 13.0 Å². The lowest BCUT2D eigenvalue weighted by molar-refractivity contribution is -0.140. The van der Waals surface area contributed by atoms with Crippen molar-refractivity contribution in [2.45, 2.75) is 19.3 Å². The first-order valence-corrected chi connectivity index (χ1v) is 7.80. The van der Waals surface area contributed by atoms with Crippen LogP contribution in [-0.4, -0.2) is 23.2 Å². The van der Waals surface area contributed by atoms with Crippen molar-refractivity contribution in [2.75, 3.05) is 7.11 Å². The van der Waals surface area contributed by atoms with Crippen molar-refractivity contribution in [1.29, 1.82) is 0 Å². The molecular formula is C19H17F2NO3. The number of carbonyl (C=O) groups is 1. The molecule has 0 fully saturated rings. The van der Waals surface area contributed by atoms with Gasteiger partial charge in [-0.1, -0.05) is 18.2 Å². The quantitative estimate of drug-likeness (QED) is 0.912. The monoisotopic (exact) mass is 345 g/mol. The van der Waals surface area contributed by atoms with Gasteiger partial charge in [-0.2, -0.15) is 0 Å². The van der Waals surface area contributed by atoms with Gasteiger partial charge in [-0.25, -0.2) is 13.8 Å². The third-order valence-corrected chi connectivity index (χ3v) is 4.62. The first-order chi connectivity index (χ1) is 11.9. The van der Waals surface area contributed by atoms with Crippen LogP contribution in [0.5, 0.6) is 5.88 Å². The van der Waals surface area contributed by atoms with E-state index in [1.54, 1.807) is 25.1 Å². The number of rotatable bonds is 4. The second kappa shape index (κ2) is 6.63. The Morgan fingerprint density at radius 2 is 2.08 bits per heavy atom. The number of benzene rings is 1. The molecule has 2 atom stereocenters. The minimum Gasteiger partial charge on any atom is -0.481 e. The van der Waals surface area contributed by atoms with E-state index in [1.165, 1.54) is 25.4 Å². The van der Waals surface area contributed by atoms with Gasteiger partial charge in [-0.05, 0) is 47.7 Å². The molecule has 0 spiro atoms. The predicted octanol–water partition coefficient (Wildman–Crippen LogP) is 3.95. The van der Waals surface area contributed by atoms with Gasteiger partial charge >= 0.3 is 5.97 Å². The second-order valence-corrected chi connectivity index (χ2v) is 6.04. The summed E-state index contributed by atoms with van der Waals surface area (Å²) in [5, 5.41) is 9.56. The molecule has 0 bridgehead atoms. The van der Waals surface area contributed by atoms with E-state index in [1.807, 2.05) is 0 Å². The summed E-state index contributed by atoms with van der Waals surface area (Å²) in [6.45, 7) is 1.64. The molecule has 1 N–H and O–H groups in total. The molecule has 1 aliphatic carbocycles. The molecule has 6 heteroatoms. The van der Waals surface area contributed by atoms with Gasteiger partial charge in [-0.15, -0.1) is 0 Å². The summed E-state index contributed by atoms with van der Waals surface area (Å²) in [6.07, 6.45) is 3.42. The standard InChI is InChI=1S/C19H17F2NO3/c1-10-13(4-3-5-16(10)20)14-6-11(7-15(14)19(23)24)12-8-17(21)18(25-2)22-9-12/h3-5,7-9,14-15H,6H2,1-2H3,(H,23,24). The predicted molar refractivity (Wildman–Crippen MR) is 88.3 cm³/mol. The molecule has 1 heterocycles. The van der Waals surface area contributed by atoms with Crippen LogP contribution in [0.4, 0.5) is 8.78 Å². The highest BCUT2D eigenvalue weighted by molar-refractivity contribution is 5.82. The minimum atomic E-state index is -0.995. The smallest absolute Gasteiger partial charge is 0.311 e. The van der Waals surface area contributed by atoms with Crippen LogP contribution in [0, 0.1) is 24.5 Å². The van der Waals surface area contributed by atoms with E-state index < -0.39 is 23.6 Å². The molecule has 0 amide bonds. The maximum atomic E-state index is 13.9. The first kappa shape index (κ1) is 17.1. The Balaban J connectivity index is 1.99. The number of nitrogens with zero attached hydrogens (tertiary/aromatic N) is 1. The molecule has 1 aliphatic rings. The van der Waals surface area contributed by atoms with E-state index in [9.17, 15) is 18.7 Å². The van der Waals surface area contributed by atoms with Crippen molar-refractivity contribution >= 4 is 11.5 Å². The Morgan fingerprint density at radius 1 is 1.32 bits per heavy atom. The van der Waals surface area contributed by atoms with Gasteiger partial charge in [-0.3, -0.25) is 4.79 Å². The summed E-state index contributed by atoms with van der Waals surface area (Å²) in [6, 6.07) is 5.93. The highest BCUT2D eigenvalue weighted by atomic mass is 19.1. The highest BCUT2D eigenvalue weighted by Crippen LogP contribution is 2.44. The van der Waals surface area contributed by atoms with Gasteiger partial charge in [0, 0.05) is 12.1 Å². The SMILES string of the molecule is COc1ncc(C2=CC(C(=O)O)C(c3cccc(F)c3C)C2)cc1F.